The van der Waals surface area contributed by atoms with E-state index in [1.807, 2.05) is 13.0 Å². The van der Waals surface area contributed by atoms with Crippen molar-refractivity contribution in [3.8, 4) is 0 Å². The molecule has 0 saturated carbocycles. The van der Waals surface area contributed by atoms with Gasteiger partial charge in [0, 0.05) is 18.3 Å². The summed E-state index contributed by atoms with van der Waals surface area (Å²) in [5.74, 6) is 0. The molecular weight excluding hydrogens is 174 g/mol. The Morgan fingerprint density at radius 3 is 2.62 bits per heavy atom. The number of alkyl halides is 2. The highest BCUT2D eigenvalue weighted by Crippen LogP contribution is 2.06. The van der Waals surface area contributed by atoms with Crippen molar-refractivity contribution in [2.24, 2.45) is 5.73 Å². The van der Waals surface area contributed by atoms with Gasteiger partial charge in [0.25, 0.3) is 6.43 Å². The summed E-state index contributed by atoms with van der Waals surface area (Å²) in [7, 11) is 0. The van der Waals surface area contributed by atoms with Gasteiger partial charge in [0.05, 0.1) is 6.04 Å². The molecule has 2 nitrogen and oxygen atoms in total. The molecule has 0 fully saturated rings. The maximum atomic E-state index is 12.0. The summed E-state index contributed by atoms with van der Waals surface area (Å²) in [6.07, 6.45) is -0.714. The van der Waals surface area contributed by atoms with Crippen molar-refractivity contribution < 1.29 is 8.78 Å². The Hall–Kier alpha value is -1.03. The topological polar surface area (TPSA) is 38.9 Å². The quantitative estimate of drug-likeness (QED) is 0.777. The minimum Gasteiger partial charge on any atom is -0.323 e. The number of rotatable bonds is 3. The SMILES string of the molecule is Cc1ccc(CC(N)C(F)F)nc1. The molecule has 1 rings (SSSR count). The highest BCUT2D eigenvalue weighted by Gasteiger charge is 2.15. The zero-order valence-corrected chi connectivity index (χ0v) is 7.37. The molecule has 0 amide bonds. The van der Waals surface area contributed by atoms with Gasteiger partial charge >= 0.3 is 0 Å². The van der Waals surface area contributed by atoms with Crippen LogP contribution in [-0.4, -0.2) is 17.5 Å². The van der Waals surface area contributed by atoms with E-state index < -0.39 is 12.5 Å². The van der Waals surface area contributed by atoms with E-state index in [1.54, 1.807) is 12.3 Å². The zero-order valence-electron chi connectivity index (χ0n) is 7.37. The van der Waals surface area contributed by atoms with Gasteiger partial charge in [-0.15, -0.1) is 0 Å². The fourth-order valence-electron chi connectivity index (χ4n) is 0.950. The lowest BCUT2D eigenvalue weighted by molar-refractivity contribution is 0.115. The largest absolute Gasteiger partial charge is 0.323 e. The fraction of sp³-hybridized carbons (Fsp3) is 0.444. The van der Waals surface area contributed by atoms with Gasteiger partial charge in [0.2, 0.25) is 0 Å². The Morgan fingerprint density at radius 2 is 2.15 bits per heavy atom. The lowest BCUT2D eigenvalue weighted by atomic mass is 10.1. The Labute approximate surface area is 75.8 Å². The van der Waals surface area contributed by atoms with E-state index in [0.717, 1.165) is 5.56 Å². The van der Waals surface area contributed by atoms with E-state index in [1.165, 1.54) is 0 Å². The third kappa shape index (κ3) is 3.06. The molecule has 1 aromatic rings. The van der Waals surface area contributed by atoms with Crippen LogP contribution >= 0.6 is 0 Å². The third-order valence-corrected chi connectivity index (χ3v) is 1.74. The molecule has 0 spiro atoms. The first kappa shape index (κ1) is 10.1. The summed E-state index contributed by atoms with van der Waals surface area (Å²) in [4.78, 5) is 3.99. The number of nitrogens with zero attached hydrogens (tertiary/aromatic N) is 1. The molecule has 1 atom stereocenters. The summed E-state index contributed by atoms with van der Waals surface area (Å²) in [6, 6.07) is 2.44. The van der Waals surface area contributed by atoms with E-state index in [-0.39, 0.29) is 6.42 Å². The second-order valence-electron chi connectivity index (χ2n) is 3.03. The molecule has 2 N–H and O–H groups in total. The van der Waals surface area contributed by atoms with E-state index in [4.69, 9.17) is 5.73 Å². The zero-order chi connectivity index (χ0) is 9.84. The summed E-state index contributed by atoms with van der Waals surface area (Å²) < 4.78 is 24.1. The first-order valence-electron chi connectivity index (χ1n) is 4.05. The van der Waals surface area contributed by atoms with Crippen molar-refractivity contribution >= 4 is 0 Å². The van der Waals surface area contributed by atoms with Gasteiger partial charge < -0.3 is 5.73 Å². The first-order valence-corrected chi connectivity index (χ1v) is 4.05. The van der Waals surface area contributed by atoms with Crippen LogP contribution in [0, 0.1) is 6.92 Å². The second kappa shape index (κ2) is 4.28. The number of pyridine rings is 1. The summed E-state index contributed by atoms with van der Waals surface area (Å²) in [5, 5.41) is 0. The maximum absolute atomic E-state index is 12.0. The number of aromatic nitrogens is 1. The van der Waals surface area contributed by atoms with Crippen LogP contribution < -0.4 is 5.73 Å². The molecule has 0 radical (unpaired) electrons. The minimum atomic E-state index is -2.48. The Bertz CT molecular complexity index is 259. The van der Waals surface area contributed by atoms with Crippen LogP contribution in [0.1, 0.15) is 11.3 Å². The van der Waals surface area contributed by atoms with Crippen molar-refractivity contribution in [2.75, 3.05) is 0 Å². The second-order valence-corrected chi connectivity index (χ2v) is 3.03. The van der Waals surface area contributed by atoms with E-state index >= 15 is 0 Å². The predicted molar refractivity (Wildman–Crippen MR) is 46.7 cm³/mol. The standard InChI is InChI=1S/C9H12F2N2/c1-6-2-3-7(13-5-6)4-8(12)9(10)11/h2-3,5,8-9H,4,12H2,1H3. The molecule has 0 aliphatic carbocycles. The van der Waals surface area contributed by atoms with E-state index in [2.05, 4.69) is 4.98 Å². The highest BCUT2D eigenvalue weighted by molar-refractivity contribution is 5.13. The molecule has 0 saturated heterocycles. The third-order valence-electron chi connectivity index (χ3n) is 1.74. The van der Waals surface area contributed by atoms with Gasteiger partial charge in [-0.1, -0.05) is 6.07 Å². The molecule has 72 valence electrons. The van der Waals surface area contributed by atoms with Crippen LogP contribution in [0.15, 0.2) is 18.3 Å². The summed E-state index contributed by atoms with van der Waals surface area (Å²) in [6.45, 7) is 1.89. The van der Waals surface area contributed by atoms with Crippen molar-refractivity contribution in [3.63, 3.8) is 0 Å². The Morgan fingerprint density at radius 1 is 1.46 bits per heavy atom. The smallest absolute Gasteiger partial charge is 0.253 e. The van der Waals surface area contributed by atoms with Crippen LogP contribution in [0.2, 0.25) is 0 Å². The van der Waals surface area contributed by atoms with Gasteiger partial charge in [-0.2, -0.15) is 0 Å². The molecule has 0 aliphatic rings. The van der Waals surface area contributed by atoms with E-state index in [0.29, 0.717) is 5.69 Å². The van der Waals surface area contributed by atoms with Crippen LogP contribution in [0.5, 0.6) is 0 Å². The summed E-state index contributed by atoms with van der Waals surface area (Å²) >= 11 is 0. The van der Waals surface area contributed by atoms with E-state index in [9.17, 15) is 8.78 Å². The molecule has 13 heavy (non-hydrogen) atoms. The van der Waals surface area contributed by atoms with Gasteiger partial charge in [0.1, 0.15) is 0 Å². The average Bonchev–Trinajstić information content (AvgIpc) is 2.08. The molecule has 1 heterocycles. The maximum Gasteiger partial charge on any atom is 0.253 e. The number of hydrogen-bond acceptors (Lipinski definition) is 2. The highest BCUT2D eigenvalue weighted by atomic mass is 19.3. The van der Waals surface area contributed by atoms with Crippen LogP contribution in [0.3, 0.4) is 0 Å². The molecule has 0 aliphatic heterocycles. The number of halogens is 2. The predicted octanol–water partition coefficient (Wildman–Crippen LogP) is 1.52. The average molecular weight is 186 g/mol. The van der Waals surface area contributed by atoms with Gasteiger partial charge in [-0.05, 0) is 18.6 Å². The minimum absolute atomic E-state index is 0.123. The number of hydrogen-bond donors (Lipinski definition) is 1. The Balaban J connectivity index is 2.59. The van der Waals surface area contributed by atoms with Crippen molar-refractivity contribution in [2.45, 2.75) is 25.8 Å². The lowest BCUT2D eigenvalue weighted by Crippen LogP contribution is -2.31. The monoisotopic (exact) mass is 186 g/mol. The van der Waals surface area contributed by atoms with Gasteiger partial charge in [0.15, 0.2) is 0 Å². The molecule has 1 unspecified atom stereocenters. The fourth-order valence-corrected chi connectivity index (χ4v) is 0.950. The molecule has 1 aromatic heterocycles. The van der Waals surface area contributed by atoms with Crippen molar-refractivity contribution in [3.05, 3.63) is 29.6 Å². The normalized spacial score (nSPS) is 13.3. The summed E-state index contributed by atoms with van der Waals surface area (Å²) in [5.41, 5.74) is 6.81. The van der Waals surface area contributed by atoms with Gasteiger partial charge in [-0.3, -0.25) is 4.98 Å². The lowest BCUT2D eigenvalue weighted by Gasteiger charge is -2.09. The Kier molecular flexibility index (Phi) is 3.31. The van der Waals surface area contributed by atoms with Crippen LogP contribution in [0.4, 0.5) is 8.78 Å². The molecule has 0 bridgehead atoms. The van der Waals surface area contributed by atoms with Crippen molar-refractivity contribution in [1.29, 1.82) is 0 Å². The van der Waals surface area contributed by atoms with Crippen LogP contribution in [0.25, 0.3) is 0 Å². The molecular formula is C9H12F2N2. The number of nitrogens with two attached hydrogens (primary N) is 1. The first-order chi connectivity index (χ1) is 6.09. The van der Waals surface area contributed by atoms with Gasteiger partial charge in [-0.25, -0.2) is 8.78 Å². The molecule has 0 aromatic carbocycles. The number of aryl methyl sites for hydroxylation is 1. The molecule has 4 heteroatoms. The van der Waals surface area contributed by atoms with Crippen molar-refractivity contribution in [1.82, 2.24) is 4.98 Å². The van der Waals surface area contributed by atoms with Crippen LogP contribution in [-0.2, 0) is 6.42 Å².